The van der Waals surface area contributed by atoms with Crippen molar-refractivity contribution in [2.24, 2.45) is 7.05 Å². The molecule has 0 fully saturated rings. The van der Waals surface area contributed by atoms with Gasteiger partial charge in [0.1, 0.15) is 5.69 Å². The van der Waals surface area contributed by atoms with Gasteiger partial charge in [-0.25, -0.2) is 9.48 Å². The second-order valence-corrected chi connectivity index (χ2v) is 6.18. The van der Waals surface area contributed by atoms with Crippen LogP contribution < -0.4 is 16.2 Å². The summed E-state index contributed by atoms with van der Waals surface area (Å²) < 4.78 is 3.20. The van der Waals surface area contributed by atoms with Gasteiger partial charge in [0.15, 0.2) is 0 Å². The molecule has 0 radical (unpaired) electrons. The third-order valence-electron chi connectivity index (χ3n) is 4.69. The van der Waals surface area contributed by atoms with Gasteiger partial charge in [-0.05, 0) is 31.9 Å². The molecule has 3 N–H and O–H groups in total. The lowest BCUT2D eigenvalue weighted by molar-refractivity contribution is 0.0354. The van der Waals surface area contributed by atoms with Crippen molar-refractivity contribution in [2.75, 3.05) is 11.9 Å². The number of benzene rings is 1. The molecular weight excluding hydrogens is 320 g/mol. The molecule has 0 aliphatic rings. The van der Waals surface area contributed by atoms with Gasteiger partial charge >= 0.3 is 6.03 Å². The van der Waals surface area contributed by atoms with Gasteiger partial charge < -0.3 is 15.7 Å². The third kappa shape index (κ3) is 3.93. The minimum atomic E-state index is -0.937. The van der Waals surface area contributed by atoms with Gasteiger partial charge in [-0.3, -0.25) is 9.48 Å². The zero-order chi connectivity index (χ0) is 18.6. The Hall–Kier alpha value is -2.54. The first-order chi connectivity index (χ1) is 11.8. The fraction of sp³-hybridized carbons (Fsp3) is 0.444. The molecule has 7 heteroatoms. The van der Waals surface area contributed by atoms with Crippen molar-refractivity contribution >= 4 is 11.7 Å². The Bertz CT molecular complexity index is 789. The second-order valence-electron chi connectivity index (χ2n) is 6.18. The summed E-state index contributed by atoms with van der Waals surface area (Å²) >= 11 is 0. The predicted octanol–water partition coefficient (Wildman–Crippen LogP) is 2.16. The largest absolute Gasteiger partial charge is 0.388 e. The van der Waals surface area contributed by atoms with Crippen LogP contribution in [0.3, 0.4) is 0 Å². The normalized spacial score (nSPS) is 11.4. The number of nitrogens with one attached hydrogen (secondary N) is 2. The zero-order valence-electron chi connectivity index (χ0n) is 15.2. The SMILES string of the molecule is CCC(O)(CC)CNC(=O)Nc1c(C)n(C)n(-c2ccccc2)c1=O. The average Bonchev–Trinajstić information content (AvgIpc) is 2.84. The van der Waals surface area contributed by atoms with Crippen LogP contribution in [-0.2, 0) is 7.05 Å². The summed E-state index contributed by atoms with van der Waals surface area (Å²) in [5.74, 6) is 0. The molecule has 0 spiro atoms. The highest BCUT2D eigenvalue weighted by atomic mass is 16.3. The number of carbonyl (C=O) groups excluding carboxylic acids is 1. The topological polar surface area (TPSA) is 88.3 Å². The Morgan fingerprint density at radius 1 is 1.20 bits per heavy atom. The lowest BCUT2D eigenvalue weighted by Gasteiger charge is -2.25. The van der Waals surface area contributed by atoms with E-state index in [9.17, 15) is 14.7 Å². The third-order valence-corrected chi connectivity index (χ3v) is 4.69. The minimum absolute atomic E-state index is 0.130. The molecule has 0 atom stereocenters. The maximum atomic E-state index is 12.7. The lowest BCUT2D eigenvalue weighted by Crippen LogP contribution is -2.44. The van der Waals surface area contributed by atoms with Gasteiger partial charge in [0.05, 0.1) is 17.0 Å². The quantitative estimate of drug-likeness (QED) is 0.749. The Balaban J connectivity index is 2.21. The molecule has 2 amide bonds. The van der Waals surface area contributed by atoms with Crippen molar-refractivity contribution in [3.8, 4) is 5.69 Å². The highest BCUT2D eigenvalue weighted by Gasteiger charge is 2.24. The first kappa shape index (κ1) is 18.8. The number of aromatic nitrogens is 2. The molecule has 136 valence electrons. The van der Waals surface area contributed by atoms with Crippen molar-refractivity contribution in [1.29, 1.82) is 0 Å². The van der Waals surface area contributed by atoms with E-state index in [1.165, 1.54) is 4.68 Å². The molecule has 0 bridgehead atoms. The monoisotopic (exact) mass is 346 g/mol. The van der Waals surface area contributed by atoms with Gasteiger partial charge in [-0.15, -0.1) is 0 Å². The maximum Gasteiger partial charge on any atom is 0.319 e. The molecule has 0 aliphatic heterocycles. The molecule has 0 aliphatic carbocycles. The number of aliphatic hydroxyl groups is 1. The first-order valence-corrected chi connectivity index (χ1v) is 8.44. The lowest BCUT2D eigenvalue weighted by atomic mass is 9.98. The molecule has 2 rings (SSSR count). The molecule has 2 aromatic rings. The van der Waals surface area contributed by atoms with E-state index >= 15 is 0 Å². The summed E-state index contributed by atoms with van der Waals surface area (Å²) in [7, 11) is 1.76. The van der Waals surface area contributed by atoms with Crippen LogP contribution in [0.15, 0.2) is 35.1 Å². The fourth-order valence-electron chi connectivity index (χ4n) is 2.61. The summed E-state index contributed by atoms with van der Waals surface area (Å²) in [4.78, 5) is 24.9. The number of amides is 2. The highest BCUT2D eigenvalue weighted by Crippen LogP contribution is 2.15. The summed E-state index contributed by atoms with van der Waals surface area (Å²) in [5.41, 5.74) is 0.346. The Morgan fingerprint density at radius 3 is 2.36 bits per heavy atom. The summed E-state index contributed by atoms with van der Waals surface area (Å²) in [5, 5.41) is 15.5. The van der Waals surface area contributed by atoms with Crippen LogP contribution in [0.5, 0.6) is 0 Å². The standard InChI is InChI=1S/C18H26N4O3/c1-5-18(25,6-2)12-19-17(24)20-15-13(3)21(4)22(16(15)23)14-10-8-7-9-11-14/h7-11,25H,5-6,12H2,1-4H3,(H2,19,20,24). The van der Waals surface area contributed by atoms with Gasteiger partial charge in [0, 0.05) is 13.6 Å². The van der Waals surface area contributed by atoms with E-state index in [4.69, 9.17) is 0 Å². The van der Waals surface area contributed by atoms with Crippen molar-refractivity contribution in [1.82, 2.24) is 14.7 Å². The van der Waals surface area contributed by atoms with Crippen LogP contribution in [-0.4, -0.2) is 32.6 Å². The van der Waals surface area contributed by atoms with E-state index < -0.39 is 11.6 Å². The maximum absolute atomic E-state index is 12.7. The zero-order valence-corrected chi connectivity index (χ0v) is 15.2. The number of anilines is 1. The number of nitrogens with zero attached hydrogens (tertiary/aromatic N) is 2. The van der Waals surface area contributed by atoms with Crippen LogP contribution >= 0.6 is 0 Å². The Morgan fingerprint density at radius 2 is 1.80 bits per heavy atom. The molecule has 0 unspecified atom stereocenters. The van der Waals surface area contributed by atoms with Crippen LogP contribution in [0.2, 0.25) is 0 Å². The molecule has 0 saturated carbocycles. The van der Waals surface area contributed by atoms with Gasteiger partial charge in [0.25, 0.3) is 5.56 Å². The summed E-state index contributed by atoms with van der Waals surface area (Å²) in [6, 6.07) is 8.71. The number of rotatable bonds is 6. The predicted molar refractivity (Wildman–Crippen MR) is 98.3 cm³/mol. The molecule has 7 nitrogen and oxygen atoms in total. The van der Waals surface area contributed by atoms with E-state index in [1.54, 1.807) is 18.7 Å². The molecule has 1 aromatic heterocycles. The smallest absolute Gasteiger partial charge is 0.319 e. The number of hydrogen-bond donors (Lipinski definition) is 3. The number of urea groups is 1. The van der Waals surface area contributed by atoms with Crippen molar-refractivity contribution in [3.05, 3.63) is 46.4 Å². The Kier molecular flexibility index (Phi) is 5.69. The van der Waals surface area contributed by atoms with Crippen LogP contribution in [0, 0.1) is 6.92 Å². The highest BCUT2D eigenvalue weighted by molar-refractivity contribution is 5.89. The number of carbonyl (C=O) groups is 1. The van der Waals surface area contributed by atoms with E-state index in [-0.39, 0.29) is 17.8 Å². The van der Waals surface area contributed by atoms with E-state index in [2.05, 4.69) is 10.6 Å². The minimum Gasteiger partial charge on any atom is -0.388 e. The Labute approximate surface area is 147 Å². The van der Waals surface area contributed by atoms with Crippen LogP contribution in [0.1, 0.15) is 32.4 Å². The second kappa shape index (κ2) is 7.57. The van der Waals surface area contributed by atoms with Crippen molar-refractivity contribution in [3.63, 3.8) is 0 Å². The molecule has 1 aromatic carbocycles. The summed E-state index contributed by atoms with van der Waals surface area (Å²) in [6.07, 6.45) is 1.07. The number of para-hydroxylation sites is 1. The van der Waals surface area contributed by atoms with Crippen molar-refractivity contribution < 1.29 is 9.90 Å². The van der Waals surface area contributed by atoms with E-state index in [0.717, 1.165) is 5.69 Å². The van der Waals surface area contributed by atoms with Crippen molar-refractivity contribution in [2.45, 2.75) is 39.2 Å². The molecule has 25 heavy (non-hydrogen) atoms. The van der Waals surface area contributed by atoms with E-state index in [0.29, 0.717) is 18.5 Å². The van der Waals surface area contributed by atoms with Crippen LogP contribution in [0.4, 0.5) is 10.5 Å². The van der Waals surface area contributed by atoms with Gasteiger partial charge in [0.2, 0.25) is 0 Å². The number of hydrogen-bond acceptors (Lipinski definition) is 3. The van der Waals surface area contributed by atoms with Gasteiger partial charge in [-0.1, -0.05) is 32.0 Å². The fourth-order valence-corrected chi connectivity index (χ4v) is 2.61. The molecule has 1 heterocycles. The molecule has 0 saturated heterocycles. The molecular formula is C18H26N4O3. The van der Waals surface area contributed by atoms with Crippen LogP contribution in [0.25, 0.3) is 5.69 Å². The van der Waals surface area contributed by atoms with Gasteiger partial charge in [-0.2, -0.15) is 0 Å². The van der Waals surface area contributed by atoms with E-state index in [1.807, 2.05) is 44.2 Å². The first-order valence-electron chi connectivity index (χ1n) is 8.44. The average molecular weight is 346 g/mol. The summed E-state index contributed by atoms with van der Waals surface area (Å²) in [6.45, 7) is 5.63.